The maximum atomic E-state index is 13.0. The number of benzene rings is 3. The number of piperazine rings is 1. The number of hydrogen-bond acceptors (Lipinski definition) is 8. The molecule has 2 atom stereocenters. The van der Waals surface area contributed by atoms with Crippen LogP contribution in [0.3, 0.4) is 0 Å². The molecule has 0 spiro atoms. The smallest absolute Gasteiger partial charge is 0.350 e. The summed E-state index contributed by atoms with van der Waals surface area (Å²) in [6.45, 7) is 9.32. The van der Waals surface area contributed by atoms with Gasteiger partial charge in [-0.05, 0) is 67.1 Å². The second-order valence-electron chi connectivity index (χ2n) is 12.6. The molecule has 0 radical (unpaired) electrons. The van der Waals surface area contributed by atoms with E-state index in [-0.39, 0.29) is 11.8 Å². The van der Waals surface area contributed by atoms with Crippen molar-refractivity contribution in [3.63, 3.8) is 0 Å². The summed E-state index contributed by atoms with van der Waals surface area (Å²) >= 11 is 12.8. The number of anilines is 2. The molecule has 4 heterocycles. The summed E-state index contributed by atoms with van der Waals surface area (Å²) in [5.41, 5.74) is 3.78. The predicted molar refractivity (Wildman–Crippen MR) is 195 cm³/mol. The number of aromatic nitrogens is 5. The lowest BCUT2D eigenvalue weighted by Crippen LogP contribution is -2.46. The van der Waals surface area contributed by atoms with E-state index in [1.807, 2.05) is 48.0 Å². The number of hydrogen-bond donors (Lipinski definition) is 0. The second-order valence-corrected chi connectivity index (χ2v) is 13.4. The Kier molecular flexibility index (Phi) is 10.2. The van der Waals surface area contributed by atoms with Gasteiger partial charge in [0.1, 0.15) is 24.3 Å². The van der Waals surface area contributed by atoms with Crippen molar-refractivity contribution in [1.82, 2.24) is 23.9 Å². The van der Waals surface area contributed by atoms with E-state index in [1.165, 1.54) is 0 Å². The van der Waals surface area contributed by atoms with Crippen molar-refractivity contribution in [2.45, 2.75) is 51.7 Å². The van der Waals surface area contributed by atoms with Gasteiger partial charge in [0.2, 0.25) is 5.79 Å². The van der Waals surface area contributed by atoms with Crippen LogP contribution in [-0.4, -0.2) is 69.4 Å². The fourth-order valence-corrected chi connectivity index (χ4v) is 7.20. The number of imidazole rings is 1. The number of ether oxygens (including phenoxy) is 3. The highest BCUT2D eigenvalue weighted by Crippen LogP contribution is 2.40. The Morgan fingerprint density at radius 1 is 0.920 bits per heavy atom. The molecule has 2 aliphatic rings. The Balaban J connectivity index is 0.933. The van der Waals surface area contributed by atoms with E-state index in [4.69, 9.17) is 37.4 Å². The van der Waals surface area contributed by atoms with Crippen molar-refractivity contribution in [3.05, 3.63) is 117 Å². The average Bonchev–Trinajstić information content (AvgIpc) is 3.88. The summed E-state index contributed by atoms with van der Waals surface area (Å²) in [7, 11) is 0. The fraction of sp³-hybridized carbons (Fsp3) is 0.378. The lowest BCUT2D eigenvalue weighted by atomic mass is 10.1. The minimum absolute atomic E-state index is 0.0782. The molecule has 2 fully saturated rings. The van der Waals surface area contributed by atoms with Crippen LogP contribution in [-0.2, 0) is 34.8 Å². The Bertz CT molecular complexity index is 1940. The third-order valence-corrected chi connectivity index (χ3v) is 9.75. The number of nitrogens with zero attached hydrogens (tertiary/aromatic N) is 7. The van der Waals surface area contributed by atoms with Crippen LogP contribution in [0.15, 0.2) is 90.2 Å². The molecule has 0 saturated carbocycles. The zero-order chi connectivity index (χ0) is 34.7. The van der Waals surface area contributed by atoms with Crippen LogP contribution in [0, 0.1) is 0 Å². The van der Waals surface area contributed by atoms with Gasteiger partial charge in [-0.3, -0.25) is 0 Å². The minimum atomic E-state index is -1.10. The van der Waals surface area contributed by atoms with E-state index < -0.39 is 5.79 Å². The summed E-state index contributed by atoms with van der Waals surface area (Å²) in [6, 6.07) is 21.8. The molecule has 0 aliphatic carbocycles. The first kappa shape index (κ1) is 34.2. The summed E-state index contributed by atoms with van der Waals surface area (Å²) < 4.78 is 24.2. The molecule has 13 heteroatoms. The molecule has 11 nitrogen and oxygen atoms in total. The average molecular weight is 719 g/mol. The van der Waals surface area contributed by atoms with Crippen LogP contribution in [0.5, 0.6) is 5.75 Å². The molecule has 2 aliphatic heterocycles. The highest BCUT2D eigenvalue weighted by atomic mass is 35.5. The summed E-state index contributed by atoms with van der Waals surface area (Å²) in [4.78, 5) is 21.9. The lowest BCUT2D eigenvalue weighted by molar-refractivity contribution is -0.189. The minimum Gasteiger partial charge on any atom is -0.491 e. The van der Waals surface area contributed by atoms with Gasteiger partial charge in [-0.25, -0.2) is 19.0 Å². The molecule has 0 bridgehead atoms. The molecule has 1 unspecified atom stereocenters. The SMILES string of the molecule is CCCn1nc(CC)n(-c2ccc(N3CCN(c4ccc(OC[C@@H]5COC(Cn6ccnc6)(c6ccc(Cl)cc6Cl)O5)cc4)CC3)cc2)c1=O. The van der Waals surface area contributed by atoms with Crippen molar-refractivity contribution in [3.8, 4) is 11.4 Å². The van der Waals surface area contributed by atoms with E-state index in [2.05, 4.69) is 51.1 Å². The van der Waals surface area contributed by atoms with Gasteiger partial charge in [-0.15, -0.1) is 0 Å². The summed E-state index contributed by atoms with van der Waals surface area (Å²) in [6.07, 6.45) is 6.55. The Labute approximate surface area is 301 Å². The second kappa shape index (κ2) is 14.9. The standard InChI is InChI=1S/C37H41Cl2N7O4/c1-3-16-45-36(47)46(35(4-2)41-45)30-8-6-28(7-9-30)43-18-20-44(21-19-43)29-10-12-31(13-11-29)48-23-32-24-49-37(50-32,25-42-17-15-40-26-42)33-14-5-27(38)22-34(33)39/h5-15,17,22,26,32H,3-4,16,18-21,23-25H2,1-2H3/t32-,37?/m1/s1. The first-order chi connectivity index (χ1) is 24.4. The van der Waals surface area contributed by atoms with Gasteiger partial charge in [0.15, 0.2) is 0 Å². The molecule has 2 saturated heterocycles. The van der Waals surface area contributed by atoms with Crippen molar-refractivity contribution in [2.75, 3.05) is 49.2 Å². The number of aryl methyl sites for hydroxylation is 2. The van der Waals surface area contributed by atoms with E-state index in [1.54, 1.807) is 33.9 Å². The molecule has 262 valence electrons. The first-order valence-electron chi connectivity index (χ1n) is 17.1. The third kappa shape index (κ3) is 7.14. The predicted octanol–water partition coefficient (Wildman–Crippen LogP) is 6.18. The fourth-order valence-electron chi connectivity index (χ4n) is 6.65. The Morgan fingerprint density at radius 3 is 2.22 bits per heavy atom. The van der Waals surface area contributed by atoms with Gasteiger partial charge in [0, 0.05) is 73.5 Å². The van der Waals surface area contributed by atoms with Gasteiger partial charge in [-0.1, -0.05) is 43.1 Å². The van der Waals surface area contributed by atoms with Gasteiger partial charge in [-0.2, -0.15) is 5.10 Å². The molecular weight excluding hydrogens is 677 g/mol. The number of rotatable bonds is 12. The maximum Gasteiger partial charge on any atom is 0.350 e. The largest absolute Gasteiger partial charge is 0.491 e. The molecule has 0 amide bonds. The van der Waals surface area contributed by atoms with Crippen LogP contribution >= 0.6 is 23.2 Å². The quantitative estimate of drug-likeness (QED) is 0.151. The molecule has 0 N–H and O–H groups in total. The van der Waals surface area contributed by atoms with Gasteiger partial charge in [0.25, 0.3) is 0 Å². The molecule has 50 heavy (non-hydrogen) atoms. The van der Waals surface area contributed by atoms with Gasteiger partial charge in [0.05, 0.1) is 30.2 Å². The Morgan fingerprint density at radius 2 is 1.60 bits per heavy atom. The van der Waals surface area contributed by atoms with E-state index >= 15 is 0 Å². The molecule has 7 rings (SSSR count). The first-order valence-corrected chi connectivity index (χ1v) is 17.9. The van der Waals surface area contributed by atoms with Crippen molar-refractivity contribution in [2.24, 2.45) is 0 Å². The van der Waals surface area contributed by atoms with E-state index in [0.29, 0.717) is 48.3 Å². The van der Waals surface area contributed by atoms with Crippen molar-refractivity contribution >= 4 is 34.6 Å². The summed E-state index contributed by atoms with van der Waals surface area (Å²) in [5.74, 6) is 0.449. The normalized spacial score (nSPS) is 19.3. The molecule has 2 aromatic heterocycles. The topological polar surface area (TPSA) is 91.8 Å². The Hall–Kier alpha value is -4.29. The third-order valence-electron chi connectivity index (χ3n) is 9.20. The van der Waals surface area contributed by atoms with Crippen molar-refractivity contribution < 1.29 is 14.2 Å². The van der Waals surface area contributed by atoms with Gasteiger partial charge < -0.3 is 28.6 Å². The molecule has 5 aromatic rings. The molecule has 3 aromatic carbocycles. The van der Waals surface area contributed by atoms with Gasteiger partial charge >= 0.3 is 5.69 Å². The monoisotopic (exact) mass is 717 g/mol. The van der Waals surface area contributed by atoms with E-state index in [0.717, 1.165) is 61.2 Å². The summed E-state index contributed by atoms with van der Waals surface area (Å²) in [5, 5.41) is 5.55. The zero-order valence-corrected chi connectivity index (χ0v) is 29.8. The highest BCUT2D eigenvalue weighted by molar-refractivity contribution is 6.35. The lowest BCUT2D eigenvalue weighted by Gasteiger charge is -2.37. The van der Waals surface area contributed by atoms with Crippen LogP contribution in [0.25, 0.3) is 5.69 Å². The van der Waals surface area contributed by atoms with Crippen LogP contribution in [0.4, 0.5) is 11.4 Å². The zero-order valence-electron chi connectivity index (χ0n) is 28.3. The van der Waals surface area contributed by atoms with Crippen LogP contribution < -0.4 is 20.2 Å². The highest BCUT2D eigenvalue weighted by Gasteiger charge is 2.45. The van der Waals surface area contributed by atoms with Crippen LogP contribution in [0.2, 0.25) is 10.0 Å². The maximum absolute atomic E-state index is 13.0. The number of halogens is 2. The van der Waals surface area contributed by atoms with E-state index in [9.17, 15) is 4.79 Å². The molecular formula is C37H41Cl2N7O4. The van der Waals surface area contributed by atoms with Crippen molar-refractivity contribution in [1.29, 1.82) is 0 Å². The van der Waals surface area contributed by atoms with Crippen LogP contribution in [0.1, 0.15) is 31.7 Å².